The first-order chi connectivity index (χ1) is 25.1. The highest BCUT2D eigenvalue weighted by atomic mass is 35.5. The molecule has 2 aromatic carbocycles. The van der Waals surface area contributed by atoms with E-state index in [2.05, 4.69) is 30.6 Å². The topological polar surface area (TPSA) is 85.3 Å². The number of aryl methyl sites for hydroxylation is 4. The number of rotatable bonds is 4. The molecule has 0 atom stereocenters. The van der Waals surface area contributed by atoms with Gasteiger partial charge in [0.25, 0.3) is 0 Å². The van der Waals surface area contributed by atoms with Crippen LogP contribution in [-0.4, -0.2) is 28.9 Å². The summed E-state index contributed by atoms with van der Waals surface area (Å²) in [6.07, 6.45) is 10.8. The molecule has 4 aliphatic carbocycles. The molecule has 0 unspecified atom stereocenters. The summed E-state index contributed by atoms with van der Waals surface area (Å²) < 4.78 is 0. The summed E-state index contributed by atoms with van der Waals surface area (Å²) in [5.41, 5.74) is 7.45. The molecule has 0 amide bonds. The fourth-order valence-electron chi connectivity index (χ4n) is 10.3. The van der Waals surface area contributed by atoms with Crippen molar-refractivity contribution in [2.75, 3.05) is 0 Å². The molecule has 288 valence electrons. The predicted molar refractivity (Wildman–Crippen MR) is 211 cm³/mol. The van der Waals surface area contributed by atoms with Crippen molar-refractivity contribution in [2.24, 2.45) is 22.7 Å². The molecule has 2 spiro atoms. The molecular formula is C48H58ClO5-. The molecule has 54 heavy (non-hydrogen) atoms. The van der Waals surface area contributed by atoms with E-state index in [1.165, 1.54) is 0 Å². The number of carbonyl (C=O) groups is 5. The highest BCUT2D eigenvalue weighted by Gasteiger charge is 2.48. The van der Waals surface area contributed by atoms with Crippen molar-refractivity contribution in [3.05, 3.63) is 68.8 Å². The molecule has 5 nitrogen and oxygen atoms in total. The number of carbonyl (C=O) groups excluding carboxylic acids is 5. The lowest BCUT2D eigenvalue weighted by Crippen LogP contribution is -3.00. The minimum absolute atomic E-state index is 0. The molecule has 6 rings (SSSR count). The second-order valence-corrected chi connectivity index (χ2v) is 17.3. The van der Waals surface area contributed by atoms with Crippen LogP contribution in [0.5, 0.6) is 0 Å². The average molecular weight is 750 g/mol. The molecule has 6 heteroatoms. The van der Waals surface area contributed by atoms with Gasteiger partial charge in [0.15, 0.2) is 0 Å². The molecule has 0 aromatic heterocycles. The summed E-state index contributed by atoms with van der Waals surface area (Å²) in [5.74, 6) is 12.6. The van der Waals surface area contributed by atoms with E-state index >= 15 is 0 Å². The van der Waals surface area contributed by atoms with Crippen LogP contribution in [0.3, 0.4) is 0 Å². The first kappa shape index (κ1) is 42.9. The van der Waals surface area contributed by atoms with Crippen molar-refractivity contribution in [1.82, 2.24) is 0 Å². The van der Waals surface area contributed by atoms with E-state index in [0.29, 0.717) is 38.0 Å². The molecule has 0 bridgehead atoms. The molecular weight excluding hydrogens is 692 g/mol. The van der Waals surface area contributed by atoms with E-state index in [1.807, 2.05) is 58.9 Å². The fourth-order valence-corrected chi connectivity index (χ4v) is 10.3. The second kappa shape index (κ2) is 17.8. The quantitative estimate of drug-likeness (QED) is 0.256. The molecule has 4 fully saturated rings. The summed E-state index contributed by atoms with van der Waals surface area (Å²) in [6, 6.07) is 7.98. The van der Waals surface area contributed by atoms with Gasteiger partial charge in [0.05, 0.1) is 0 Å². The third kappa shape index (κ3) is 9.52. The first-order valence-electron chi connectivity index (χ1n) is 19.8. The smallest absolute Gasteiger partial charge is 0.148 e. The van der Waals surface area contributed by atoms with Crippen molar-refractivity contribution in [3.63, 3.8) is 0 Å². The van der Waals surface area contributed by atoms with Crippen LogP contribution in [0.1, 0.15) is 168 Å². The Hall–Kier alpha value is -3.80. The normalized spacial score (nSPS) is 27.9. The monoisotopic (exact) mass is 749 g/mol. The van der Waals surface area contributed by atoms with E-state index in [1.54, 1.807) is 13.8 Å². The van der Waals surface area contributed by atoms with Crippen LogP contribution in [0, 0.1) is 74.0 Å². The maximum Gasteiger partial charge on any atom is 0.148 e. The number of hydrogen-bond acceptors (Lipinski definition) is 5. The van der Waals surface area contributed by atoms with E-state index < -0.39 is 11.8 Å². The minimum Gasteiger partial charge on any atom is -1.00 e. The largest absolute Gasteiger partial charge is 1.00 e. The Morgan fingerprint density at radius 3 is 1.22 bits per heavy atom. The summed E-state index contributed by atoms with van der Waals surface area (Å²) in [7, 11) is 0. The number of benzene rings is 2. The Morgan fingerprint density at radius 1 is 0.611 bits per heavy atom. The molecule has 4 aliphatic rings. The Balaban J connectivity index is 0.000000238. The van der Waals surface area contributed by atoms with Crippen LogP contribution in [0.4, 0.5) is 0 Å². The van der Waals surface area contributed by atoms with E-state index in [0.717, 1.165) is 102 Å². The average Bonchev–Trinajstić information content (AvgIpc) is 3.06. The Kier molecular flexibility index (Phi) is 14.1. The Bertz CT molecular complexity index is 1840. The lowest BCUT2D eigenvalue weighted by molar-refractivity contribution is -0.139. The van der Waals surface area contributed by atoms with Gasteiger partial charge in [-0.05, 0) is 167 Å². The Labute approximate surface area is 330 Å². The van der Waals surface area contributed by atoms with Crippen LogP contribution in [0.15, 0.2) is 24.3 Å². The maximum atomic E-state index is 13.2. The van der Waals surface area contributed by atoms with Crippen molar-refractivity contribution < 1.29 is 36.4 Å². The van der Waals surface area contributed by atoms with Gasteiger partial charge in [-0.1, -0.05) is 31.6 Å². The number of ketones is 5. The van der Waals surface area contributed by atoms with Crippen molar-refractivity contribution in [1.29, 1.82) is 0 Å². The number of Topliss-reactive ketones (excluding diaryl/α,β-unsaturated/α-hetero) is 5. The zero-order valence-electron chi connectivity index (χ0n) is 33.7. The SMILES string of the molecule is CC#Cc1cc(C)c(C2C(=O)CC3(CCC(C)CC3)CC2=O)c(C)c1.CC#Cc1cc(C)c(C2C(=O)CC3(CCC(CC(C)=O)CC3)CC2=O)c(C)c1.[Cl-]. The summed E-state index contributed by atoms with van der Waals surface area (Å²) in [4.78, 5) is 63.7. The molecule has 0 radical (unpaired) electrons. The van der Waals surface area contributed by atoms with Gasteiger partial charge in [-0.2, -0.15) is 0 Å². The molecule has 0 N–H and O–H groups in total. The lowest BCUT2D eigenvalue weighted by Gasteiger charge is -2.43. The molecule has 4 saturated carbocycles. The highest BCUT2D eigenvalue weighted by Crippen LogP contribution is 2.51. The van der Waals surface area contributed by atoms with Gasteiger partial charge in [0, 0.05) is 43.2 Å². The van der Waals surface area contributed by atoms with Crippen LogP contribution >= 0.6 is 0 Å². The third-order valence-corrected chi connectivity index (χ3v) is 12.9. The van der Waals surface area contributed by atoms with Crippen molar-refractivity contribution in [2.45, 2.75) is 151 Å². The molecule has 0 heterocycles. The summed E-state index contributed by atoms with van der Waals surface area (Å²) in [5, 5.41) is 0. The minimum atomic E-state index is -0.621. The van der Waals surface area contributed by atoms with Crippen LogP contribution in [-0.2, 0) is 24.0 Å². The summed E-state index contributed by atoms with van der Waals surface area (Å²) >= 11 is 0. The number of hydrogen-bond donors (Lipinski definition) is 0. The highest BCUT2D eigenvalue weighted by molar-refractivity contribution is 6.11. The molecule has 2 aromatic rings. The van der Waals surface area contributed by atoms with E-state index in [4.69, 9.17) is 0 Å². The molecule has 0 saturated heterocycles. The second-order valence-electron chi connectivity index (χ2n) is 17.3. The fraction of sp³-hybridized carbons (Fsp3) is 0.562. The van der Waals surface area contributed by atoms with E-state index in [-0.39, 0.29) is 52.2 Å². The van der Waals surface area contributed by atoms with E-state index in [9.17, 15) is 24.0 Å². The van der Waals surface area contributed by atoms with Crippen LogP contribution in [0.2, 0.25) is 0 Å². The zero-order chi connectivity index (χ0) is 38.7. The maximum absolute atomic E-state index is 13.2. The van der Waals surface area contributed by atoms with Gasteiger partial charge in [-0.3, -0.25) is 19.2 Å². The third-order valence-electron chi connectivity index (χ3n) is 12.9. The number of halogens is 1. The van der Waals surface area contributed by atoms with Crippen LogP contribution < -0.4 is 12.4 Å². The zero-order valence-corrected chi connectivity index (χ0v) is 34.5. The lowest BCUT2D eigenvalue weighted by atomic mass is 9.59. The van der Waals surface area contributed by atoms with Crippen molar-refractivity contribution in [3.8, 4) is 23.7 Å². The Morgan fingerprint density at radius 2 is 0.926 bits per heavy atom. The van der Waals surface area contributed by atoms with Gasteiger partial charge in [-0.25, -0.2) is 0 Å². The van der Waals surface area contributed by atoms with Gasteiger partial charge < -0.3 is 17.2 Å². The standard InChI is InChI=1S/C25H30O3.C23H28O2.ClH/c1-5-6-20-11-16(2)23(17(3)12-20)24-21(27)14-25(15-22(24)28)9-7-19(8-10-25)13-18(4)26;1-5-6-18-11-16(3)21(17(4)12-18)22-19(24)13-23(14-20(22)25)9-7-15(2)8-10-23;/h11-12,19,24H,7-10,13-15H2,1-4H3;11-12,15,22H,7-10,13-14H2,1-4H3;1H/p-1. The van der Waals surface area contributed by atoms with Gasteiger partial charge in [-0.15, -0.1) is 11.8 Å². The van der Waals surface area contributed by atoms with Crippen molar-refractivity contribution >= 4 is 28.9 Å². The van der Waals surface area contributed by atoms with Gasteiger partial charge in [0.2, 0.25) is 0 Å². The predicted octanol–water partition coefficient (Wildman–Crippen LogP) is 6.74. The molecule has 0 aliphatic heterocycles. The summed E-state index contributed by atoms with van der Waals surface area (Å²) in [6.45, 7) is 15.5. The first-order valence-corrected chi connectivity index (χ1v) is 19.8. The van der Waals surface area contributed by atoms with Crippen LogP contribution in [0.25, 0.3) is 0 Å². The van der Waals surface area contributed by atoms with Gasteiger partial charge >= 0.3 is 0 Å². The van der Waals surface area contributed by atoms with Gasteiger partial charge in [0.1, 0.15) is 40.8 Å².